The highest BCUT2D eigenvalue weighted by Crippen LogP contribution is 2.20. The summed E-state index contributed by atoms with van der Waals surface area (Å²) in [4.78, 5) is 4.66. The van der Waals surface area contributed by atoms with Gasteiger partial charge >= 0.3 is 0 Å². The Bertz CT molecular complexity index is 630. The van der Waals surface area contributed by atoms with E-state index in [0.29, 0.717) is 10.5 Å². The maximum atomic E-state index is 8.29. The number of halogens is 1. The molecule has 0 saturated carbocycles. The number of hydrogen-bond acceptors (Lipinski definition) is 2. The summed E-state index contributed by atoms with van der Waals surface area (Å²) in [6, 6.07) is 5.66. The number of nitrogens with one attached hydrogen (secondary N) is 1. The van der Waals surface area contributed by atoms with Crippen LogP contribution in [0.15, 0.2) is 18.2 Å². The first-order chi connectivity index (χ1) is 8.27. The van der Waals surface area contributed by atoms with Gasteiger partial charge in [-0.3, -0.25) is 5.41 Å². The monoisotopic (exact) mass is 247 g/mol. The van der Waals surface area contributed by atoms with E-state index < -0.39 is 0 Å². The van der Waals surface area contributed by atoms with E-state index in [1.54, 1.807) is 0 Å². The van der Waals surface area contributed by atoms with Gasteiger partial charge in [-0.15, -0.1) is 0 Å². The van der Waals surface area contributed by atoms with Gasteiger partial charge in [-0.2, -0.15) is 0 Å². The fourth-order valence-electron chi connectivity index (χ4n) is 2.47. The zero-order valence-electron chi connectivity index (χ0n) is 9.54. The van der Waals surface area contributed by atoms with E-state index in [1.165, 1.54) is 12.8 Å². The van der Waals surface area contributed by atoms with Crippen molar-refractivity contribution < 1.29 is 0 Å². The minimum absolute atomic E-state index is 0.512. The van der Waals surface area contributed by atoms with Gasteiger partial charge in [0.15, 0.2) is 0 Å². The number of rotatable bonds is 0. The van der Waals surface area contributed by atoms with Gasteiger partial charge in [-0.25, -0.2) is 4.98 Å². The summed E-state index contributed by atoms with van der Waals surface area (Å²) in [5.41, 5.74) is 1.35. The first-order valence-electron chi connectivity index (χ1n) is 6.00. The van der Waals surface area contributed by atoms with Crippen LogP contribution in [0.3, 0.4) is 0 Å². The Kier molecular flexibility index (Phi) is 2.63. The summed E-state index contributed by atoms with van der Waals surface area (Å²) in [6.07, 6.45) is 4.47. The van der Waals surface area contributed by atoms with Crippen LogP contribution >= 0.6 is 11.6 Å². The average molecular weight is 248 g/mol. The third-order valence-corrected chi connectivity index (χ3v) is 3.66. The topological polar surface area (TPSA) is 41.7 Å². The lowest BCUT2D eigenvalue weighted by Gasteiger charge is -2.12. The van der Waals surface area contributed by atoms with Crippen molar-refractivity contribution in [3.63, 3.8) is 0 Å². The molecule has 88 valence electrons. The number of benzene rings is 1. The molecule has 0 radical (unpaired) electrons. The molecule has 17 heavy (non-hydrogen) atoms. The molecule has 0 saturated heterocycles. The van der Waals surface area contributed by atoms with E-state index in [0.717, 1.165) is 36.1 Å². The number of aryl methyl sites for hydroxylation is 1. The van der Waals surface area contributed by atoms with E-state index in [2.05, 4.69) is 4.98 Å². The van der Waals surface area contributed by atoms with Gasteiger partial charge in [0, 0.05) is 13.0 Å². The Morgan fingerprint density at radius 2 is 2.12 bits per heavy atom. The molecule has 1 N–H and O–H groups in total. The molecule has 3 nitrogen and oxygen atoms in total. The molecular weight excluding hydrogens is 234 g/mol. The Balaban J connectivity index is 2.38. The van der Waals surface area contributed by atoms with Crippen LogP contribution in [0.1, 0.15) is 25.1 Å². The van der Waals surface area contributed by atoms with E-state index in [-0.39, 0.29) is 0 Å². The third kappa shape index (κ3) is 1.75. The van der Waals surface area contributed by atoms with Crippen molar-refractivity contribution in [1.29, 1.82) is 5.41 Å². The molecule has 3 rings (SSSR count). The number of aromatic nitrogens is 2. The first-order valence-corrected chi connectivity index (χ1v) is 6.38. The second kappa shape index (κ2) is 4.15. The van der Waals surface area contributed by atoms with Crippen LogP contribution in [-0.4, -0.2) is 9.55 Å². The largest absolute Gasteiger partial charge is 0.314 e. The molecule has 0 atom stereocenters. The predicted molar refractivity (Wildman–Crippen MR) is 68.2 cm³/mol. The average Bonchev–Trinajstić information content (AvgIpc) is 2.54. The quantitative estimate of drug-likeness (QED) is 0.764. The number of fused-ring (bicyclic) bond motifs is 2. The number of nitrogens with zero attached hydrogens (tertiary/aromatic N) is 2. The van der Waals surface area contributed by atoms with E-state index in [1.807, 2.05) is 22.8 Å². The van der Waals surface area contributed by atoms with Gasteiger partial charge in [0.05, 0.1) is 15.9 Å². The van der Waals surface area contributed by atoms with Crippen LogP contribution in [0.5, 0.6) is 0 Å². The maximum Gasteiger partial charge on any atom is 0.137 e. The minimum Gasteiger partial charge on any atom is -0.314 e. The molecule has 2 heterocycles. The van der Waals surface area contributed by atoms with Crippen molar-refractivity contribution in [1.82, 2.24) is 9.55 Å². The second-order valence-corrected chi connectivity index (χ2v) is 4.88. The molecule has 0 amide bonds. The van der Waals surface area contributed by atoms with Gasteiger partial charge < -0.3 is 4.57 Å². The molecule has 1 aromatic carbocycles. The summed E-state index contributed by atoms with van der Waals surface area (Å²) in [6.45, 7) is 0.891. The van der Waals surface area contributed by atoms with E-state index >= 15 is 0 Å². The SMILES string of the molecule is N=c1c2c(Cl)cccc2nc2n1CCCCC2. The lowest BCUT2D eigenvalue weighted by molar-refractivity contribution is 0.602. The highest BCUT2D eigenvalue weighted by molar-refractivity contribution is 6.35. The molecule has 2 aromatic rings. The molecule has 1 aliphatic heterocycles. The van der Waals surface area contributed by atoms with Gasteiger partial charge in [-0.05, 0) is 25.0 Å². The smallest absolute Gasteiger partial charge is 0.137 e. The summed E-state index contributed by atoms with van der Waals surface area (Å²) in [7, 11) is 0. The van der Waals surface area contributed by atoms with Crippen LogP contribution in [0.25, 0.3) is 10.9 Å². The van der Waals surface area contributed by atoms with Crippen molar-refractivity contribution in [2.24, 2.45) is 0 Å². The highest BCUT2D eigenvalue weighted by atomic mass is 35.5. The van der Waals surface area contributed by atoms with Crippen LogP contribution in [-0.2, 0) is 13.0 Å². The van der Waals surface area contributed by atoms with Crippen molar-refractivity contribution >= 4 is 22.5 Å². The molecule has 1 aromatic heterocycles. The van der Waals surface area contributed by atoms with Crippen LogP contribution < -0.4 is 5.49 Å². The summed E-state index contributed by atoms with van der Waals surface area (Å²) in [5.74, 6) is 1.03. The van der Waals surface area contributed by atoms with Gasteiger partial charge in [0.2, 0.25) is 0 Å². The van der Waals surface area contributed by atoms with E-state index in [9.17, 15) is 0 Å². The molecule has 0 unspecified atom stereocenters. The lowest BCUT2D eigenvalue weighted by Crippen LogP contribution is -2.24. The Morgan fingerprint density at radius 1 is 1.24 bits per heavy atom. The van der Waals surface area contributed by atoms with Gasteiger partial charge in [0.25, 0.3) is 0 Å². The normalized spacial score (nSPS) is 15.6. The Hall–Kier alpha value is -1.35. The van der Waals surface area contributed by atoms with Crippen LogP contribution in [0, 0.1) is 5.41 Å². The second-order valence-electron chi connectivity index (χ2n) is 4.47. The molecule has 0 fully saturated rings. The minimum atomic E-state index is 0.512. The zero-order chi connectivity index (χ0) is 11.8. The first kappa shape index (κ1) is 10.8. The third-order valence-electron chi connectivity index (χ3n) is 3.34. The lowest BCUT2D eigenvalue weighted by atomic mass is 10.2. The Labute approximate surface area is 105 Å². The summed E-state index contributed by atoms with van der Waals surface area (Å²) < 4.78 is 2.02. The maximum absolute atomic E-state index is 8.29. The summed E-state index contributed by atoms with van der Waals surface area (Å²) >= 11 is 6.17. The molecule has 0 aliphatic carbocycles. The van der Waals surface area contributed by atoms with Crippen molar-refractivity contribution in [3.05, 3.63) is 34.5 Å². The highest BCUT2D eigenvalue weighted by Gasteiger charge is 2.12. The fraction of sp³-hybridized carbons (Fsp3) is 0.385. The summed E-state index contributed by atoms with van der Waals surface area (Å²) in [5, 5.41) is 9.70. The molecule has 1 aliphatic rings. The zero-order valence-corrected chi connectivity index (χ0v) is 10.3. The van der Waals surface area contributed by atoms with Crippen molar-refractivity contribution in [2.75, 3.05) is 0 Å². The van der Waals surface area contributed by atoms with Crippen molar-refractivity contribution in [2.45, 2.75) is 32.2 Å². The molecule has 4 heteroatoms. The van der Waals surface area contributed by atoms with Gasteiger partial charge in [-0.1, -0.05) is 24.1 Å². The Morgan fingerprint density at radius 3 is 3.00 bits per heavy atom. The van der Waals surface area contributed by atoms with Gasteiger partial charge in [0.1, 0.15) is 11.3 Å². The van der Waals surface area contributed by atoms with Crippen molar-refractivity contribution in [3.8, 4) is 0 Å². The predicted octanol–water partition coefficient (Wildman–Crippen LogP) is 2.90. The molecule has 0 spiro atoms. The van der Waals surface area contributed by atoms with Crippen LogP contribution in [0.2, 0.25) is 5.02 Å². The molecular formula is C13H14ClN3. The fourth-order valence-corrected chi connectivity index (χ4v) is 2.72. The number of hydrogen-bond donors (Lipinski definition) is 1. The standard InChI is InChI=1S/C13H14ClN3/c14-9-5-4-6-10-12(9)13(15)17-8-3-1-2-7-11(17)16-10/h4-6,15H,1-3,7-8H2. The van der Waals surface area contributed by atoms with E-state index in [4.69, 9.17) is 17.0 Å². The molecule has 0 bridgehead atoms. The van der Waals surface area contributed by atoms with Crippen LogP contribution in [0.4, 0.5) is 0 Å².